The summed E-state index contributed by atoms with van der Waals surface area (Å²) in [5.41, 5.74) is 6.23. The zero-order valence-corrected chi connectivity index (χ0v) is 10.4. The molecule has 1 unspecified atom stereocenters. The number of rotatable bonds is 4. The van der Waals surface area contributed by atoms with Crippen LogP contribution in [0.5, 0.6) is 0 Å². The van der Waals surface area contributed by atoms with Crippen molar-refractivity contribution in [3.63, 3.8) is 0 Å². The topological polar surface area (TPSA) is 46.3 Å². The van der Waals surface area contributed by atoms with Crippen molar-refractivity contribution in [3.05, 3.63) is 35.6 Å². The molecule has 0 radical (unpaired) electrons. The molecule has 1 fully saturated rings. The minimum atomic E-state index is -0.276. The Hall–Kier alpha value is -1.42. The third-order valence-electron chi connectivity index (χ3n) is 3.51. The number of nitrogens with zero attached hydrogens (tertiary/aromatic N) is 1. The highest BCUT2D eigenvalue weighted by Crippen LogP contribution is 2.23. The summed E-state index contributed by atoms with van der Waals surface area (Å²) in [4.78, 5) is 13.9. The zero-order valence-electron chi connectivity index (χ0n) is 10.4. The number of amides is 1. The molecule has 0 aromatic heterocycles. The number of benzene rings is 1. The van der Waals surface area contributed by atoms with Gasteiger partial charge in [-0.1, -0.05) is 18.2 Å². The summed E-state index contributed by atoms with van der Waals surface area (Å²) in [6.45, 7) is 1.95. The molecule has 0 aliphatic carbocycles. The number of halogens is 1. The van der Waals surface area contributed by atoms with Gasteiger partial charge in [0.2, 0.25) is 5.91 Å². The van der Waals surface area contributed by atoms with Crippen LogP contribution in [-0.4, -0.2) is 30.4 Å². The van der Waals surface area contributed by atoms with Crippen molar-refractivity contribution in [1.29, 1.82) is 0 Å². The van der Waals surface area contributed by atoms with Crippen molar-refractivity contribution in [2.75, 3.05) is 19.6 Å². The monoisotopic (exact) mass is 250 g/mol. The van der Waals surface area contributed by atoms with Gasteiger partial charge in [-0.2, -0.15) is 0 Å². The molecule has 2 rings (SSSR count). The summed E-state index contributed by atoms with van der Waals surface area (Å²) < 4.78 is 13.7. The highest BCUT2D eigenvalue weighted by Gasteiger charge is 2.23. The Balaban J connectivity index is 2.05. The van der Waals surface area contributed by atoms with Crippen molar-refractivity contribution in [2.24, 2.45) is 5.73 Å². The van der Waals surface area contributed by atoms with Gasteiger partial charge in [-0.25, -0.2) is 4.39 Å². The van der Waals surface area contributed by atoms with Gasteiger partial charge in [0.1, 0.15) is 5.82 Å². The second kappa shape index (κ2) is 5.96. The molecule has 1 saturated heterocycles. The van der Waals surface area contributed by atoms with Crippen molar-refractivity contribution in [3.8, 4) is 0 Å². The largest absolute Gasteiger partial charge is 0.343 e. The molecular formula is C14H19FN2O. The van der Waals surface area contributed by atoms with E-state index >= 15 is 0 Å². The molecule has 0 spiro atoms. The summed E-state index contributed by atoms with van der Waals surface area (Å²) in [7, 11) is 0. The maximum absolute atomic E-state index is 13.7. The number of carbonyl (C=O) groups is 1. The van der Waals surface area contributed by atoms with Crippen molar-refractivity contribution < 1.29 is 9.18 Å². The molecule has 1 aromatic carbocycles. The van der Waals surface area contributed by atoms with Gasteiger partial charge in [0.05, 0.1) is 0 Å². The lowest BCUT2D eigenvalue weighted by atomic mass is 9.95. The van der Waals surface area contributed by atoms with E-state index in [4.69, 9.17) is 5.73 Å². The van der Waals surface area contributed by atoms with E-state index in [0.29, 0.717) is 18.5 Å². The third-order valence-corrected chi connectivity index (χ3v) is 3.51. The van der Waals surface area contributed by atoms with Crippen LogP contribution < -0.4 is 5.73 Å². The molecule has 1 atom stereocenters. The summed E-state index contributed by atoms with van der Waals surface area (Å²) >= 11 is 0. The fourth-order valence-corrected chi connectivity index (χ4v) is 2.43. The number of likely N-dealkylation sites (tertiary alicyclic amines) is 1. The van der Waals surface area contributed by atoms with Crippen LogP contribution in [0.25, 0.3) is 0 Å². The Morgan fingerprint density at radius 2 is 2.00 bits per heavy atom. The number of hydrogen-bond acceptors (Lipinski definition) is 2. The average Bonchev–Trinajstić information content (AvgIpc) is 2.90. The van der Waals surface area contributed by atoms with Crippen molar-refractivity contribution in [1.82, 2.24) is 4.90 Å². The van der Waals surface area contributed by atoms with E-state index in [0.717, 1.165) is 25.9 Å². The number of hydrogen-bond donors (Lipinski definition) is 1. The van der Waals surface area contributed by atoms with E-state index in [2.05, 4.69) is 0 Å². The van der Waals surface area contributed by atoms with Crippen LogP contribution in [0.3, 0.4) is 0 Å². The van der Waals surface area contributed by atoms with E-state index in [9.17, 15) is 9.18 Å². The fourth-order valence-electron chi connectivity index (χ4n) is 2.43. The van der Waals surface area contributed by atoms with Crippen LogP contribution in [0.4, 0.5) is 4.39 Å². The molecule has 2 N–H and O–H groups in total. The van der Waals surface area contributed by atoms with Gasteiger partial charge in [-0.05, 0) is 31.0 Å². The SMILES string of the molecule is NCC(CC(=O)N1CCCC1)c1ccccc1F. The molecular weight excluding hydrogens is 231 g/mol. The first-order valence-electron chi connectivity index (χ1n) is 6.44. The minimum Gasteiger partial charge on any atom is -0.343 e. The fraction of sp³-hybridized carbons (Fsp3) is 0.500. The molecule has 18 heavy (non-hydrogen) atoms. The molecule has 1 amide bonds. The molecule has 4 heteroatoms. The van der Waals surface area contributed by atoms with Crippen LogP contribution in [0.2, 0.25) is 0 Å². The Bertz CT molecular complexity index is 416. The molecule has 3 nitrogen and oxygen atoms in total. The van der Waals surface area contributed by atoms with E-state index < -0.39 is 0 Å². The van der Waals surface area contributed by atoms with E-state index in [-0.39, 0.29) is 17.6 Å². The Morgan fingerprint density at radius 3 is 2.61 bits per heavy atom. The summed E-state index contributed by atoms with van der Waals surface area (Å²) in [6, 6.07) is 6.55. The molecule has 1 aliphatic rings. The Morgan fingerprint density at radius 1 is 1.33 bits per heavy atom. The Kier molecular flexibility index (Phi) is 4.31. The van der Waals surface area contributed by atoms with Gasteiger partial charge in [0.15, 0.2) is 0 Å². The lowest BCUT2D eigenvalue weighted by Gasteiger charge is -2.20. The van der Waals surface area contributed by atoms with Gasteiger partial charge in [-0.3, -0.25) is 4.79 Å². The van der Waals surface area contributed by atoms with E-state index in [1.807, 2.05) is 4.90 Å². The van der Waals surface area contributed by atoms with Gasteiger partial charge >= 0.3 is 0 Å². The third kappa shape index (κ3) is 2.88. The van der Waals surface area contributed by atoms with Crippen LogP contribution in [0.15, 0.2) is 24.3 Å². The van der Waals surface area contributed by atoms with Crippen LogP contribution in [0.1, 0.15) is 30.7 Å². The lowest BCUT2D eigenvalue weighted by molar-refractivity contribution is -0.130. The van der Waals surface area contributed by atoms with E-state index in [1.54, 1.807) is 18.2 Å². The van der Waals surface area contributed by atoms with Gasteiger partial charge in [0, 0.05) is 25.4 Å². The number of nitrogens with two attached hydrogens (primary N) is 1. The average molecular weight is 250 g/mol. The summed E-state index contributed by atoms with van der Waals surface area (Å²) in [5, 5.41) is 0. The number of carbonyl (C=O) groups excluding carboxylic acids is 1. The lowest BCUT2D eigenvalue weighted by Crippen LogP contribution is -2.30. The molecule has 0 bridgehead atoms. The highest BCUT2D eigenvalue weighted by molar-refractivity contribution is 5.77. The smallest absolute Gasteiger partial charge is 0.223 e. The second-order valence-electron chi connectivity index (χ2n) is 4.75. The zero-order chi connectivity index (χ0) is 13.0. The van der Waals surface area contributed by atoms with Gasteiger partial charge in [-0.15, -0.1) is 0 Å². The molecule has 0 saturated carbocycles. The first-order valence-corrected chi connectivity index (χ1v) is 6.44. The second-order valence-corrected chi connectivity index (χ2v) is 4.75. The molecule has 98 valence electrons. The molecule has 1 aromatic rings. The molecule has 1 heterocycles. The minimum absolute atomic E-state index is 0.0891. The maximum Gasteiger partial charge on any atom is 0.223 e. The Labute approximate surface area is 107 Å². The van der Waals surface area contributed by atoms with Gasteiger partial charge in [0.25, 0.3) is 0 Å². The van der Waals surface area contributed by atoms with Crippen LogP contribution in [-0.2, 0) is 4.79 Å². The van der Waals surface area contributed by atoms with Crippen molar-refractivity contribution >= 4 is 5.91 Å². The van der Waals surface area contributed by atoms with Gasteiger partial charge < -0.3 is 10.6 Å². The van der Waals surface area contributed by atoms with Crippen molar-refractivity contribution in [2.45, 2.75) is 25.2 Å². The van der Waals surface area contributed by atoms with E-state index in [1.165, 1.54) is 6.07 Å². The summed E-state index contributed by atoms with van der Waals surface area (Å²) in [5.74, 6) is -0.410. The molecule has 1 aliphatic heterocycles. The normalized spacial score (nSPS) is 16.9. The standard InChI is InChI=1S/C14H19FN2O/c15-13-6-2-1-5-12(13)11(10-16)9-14(18)17-7-3-4-8-17/h1-2,5-6,11H,3-4,7-10,16H2. The summed E-state index contributed by atoms with van der Waals surface area (Å²) in [6.07, 6.45) is 2.44. The van der Waals surface area contributed by atoms with Crippen LogP contribution in [0, 0.1) is 5.82 Å². The predicted molar refractivity (Wildman–Crippen MR) is 68.6 cm³/mol. The first-order chi connectivity index (χ1) is 8.72. The quantitative estimate of drug-likeness (QED) is 0.887. The highest BCUT2D eigenvalue weighted by atomic mass is 19.1. The first kappa shape index (κ1) is 13.0. The predicted octanol–water partition coefficient (Wildman–Crippen LogP) is 1.88. The van der Waals surface area contributed by atoms with Crippen LogP contribution >= 0.6 is 0 Å². The maximum atomic E-state index is 13.7.